The van der Waals surface area contributed by atoms with Gasteiger partial charge in [0, 0.05) is 18.4 Å². The smallest absolute Gasteiger partial charge is 0.323 e. The van der Waals surface area contributed by atoms with E-state index in [0.717, 1.165) is 5.56 Å². The van der Waals surface area contributed by atoms with Gasteiger partial charge < -0.3 is 20.3 Å². The summed E-state index contributed by atoms with van der Waals surface area (Å²) in [5.74, 6) is 0.362. The number of fused-ring (bicyclic) bond motifs is 2. The third-order valence-electron chi connectivity index (χ3n) is 4.57. The van der Waals surface area contributed by atoms with Gasteiger partial charge in [-0.1, -0.05) is 6.07 Å². The van der Waals surface area contributed by atoms with Crippen LogP contribution in [0.3, 0.4) is 0 Å². The second-order valence-electron chi connectivity index (χ2n) is 6.73. The highest BCUT2D eigenvalue weighted by atomic mass is 19.1. The number of urea groups is 1. The Morgan fingerprint density at radius 2 is 1.59 bits per heavy atom. The van der Waals surface area contributed by atoms with Crippen LogP contribution in [-0.4, -0.2) is 19.0 Å². The Morgan fingerprint density at radius 1 is 0.931 bits per heavy atom. The van der Waals surface area contributed by atoms with E-state index in [1.807, 2.05) is 25.1 Å². The van der Waals surface area contributed by atoms with Crippen molar-refractivity contribution in [1.82, 2.24) is 0 Å². The molecule has 0 unspecified atom stereocenters. The minimum absolute atomic E-state index is 0.244. The molecule has 0 aromatic heterocycles. The summed E-state index contributed by atoms with van der Waals surface area (Å²) < 4.78 is 18.9. The van der Waals surface area contributed by atoms with Crippen molar-refractivity contribution in [3.8, 4) is 11.5 Å². The van der Waals surface area contributed by atoms with Gasteiger partial charge in [0.1, 0.15) is 11.6 Å². The normalized spacial score (nSPS) is 12.4. The second-order valence-corrected chi connectivity index (χ2v) is 6.73. The number of amides is 3. The van der Waals surface area contributed by atoms with Crippen molar-refractivity contribution in [2.75, 3.05) is 22.6 Å². The first-order valence-electron chi connectivity index (χ1n) is 8.95. The first-order valence-corrected chi connectivity index (χ1v) is 8.95. The Bertz CT molecular complexity index is 1110. The van der Waals surface area contributed by atoms with Crippen molar-refractivity contribution < 1.29 is 18.7 Å². The van der Waals surface area contributed by atoms with Crippen molar-refractivity contribution in [3.63, 3.8) is 0 Å². The van der Waals surface area contributed by atoms with Crippen LogP contribution in [0.25, 0.3) is 0 Å². The van der Waals surface area contributed by atoms with Crippen LogP contribution in [0, 0.1) is 12.7 Å². The van der Waals surface area contributed by atoms with Gasteiger partial charge in [-0.15, -0.1) is 0 Å². The highest BCUT2D eigenvalue weighted by molar-refractivity contribution is 6.10. The molecule has 0 saturated heterocycles. The van der Waals surface area contributed by atoms with Gasteiger partial charge >= 0.3 is 6.03 Å². The summed E-state index contributed by atoms with van der Waals surface area (Å²) in [5.41, 5.74) is 2.90. The first-order chi connectivity index (χ1) is 13.9. The highest BCUT2D eigenvalue weighted by Gasteiger charge is 2.26. The lowest BCUT2D eigenvalue weighted by atomic mass is 10.1. The first kappa shape index (κ1) is 18.5. The predicted octanol–water partition coefficient (Wildman–Crippen LogP) is 5.16. The van der Waals surface area contributed by atoms with E-state index >= 15 is 0 Å². The lowest BCUT2D eigenvalue weighted by Gasteiger charge is -2.16. The van der Waals surface area contributed by atoms with Gasteiger partial charge in [0.25, 0.3) is 5.91 Å². The van der Waals surface area contributed by atoms with Crippen LogP contribution in [0.1, 0.15) is 15.9 Å². The molecule has 0 atom stereocenters. The molecule has 1 aliphatic rings. The summed E-state index contributed by atoms with van der Waals surface area (Å²) in [6.45, 7) is 1.94. The van der Waals surface area contributed by atoms with Crippen molar-refractivity contribution >= 4 is 29.0 Å². The molecule has 3 aromatic rings. The molecule has 1 heterocycles. The van der Waals surface area contributed by atoms with Gasteiger partial charge in [-0.2, -0.15) is 0 Å². The topological polar surface area (TPSA) is 70.7 Å². The fraction of sp³-hybridized carbons (Fsp3) is 0.0909. The van der Waals surface area contributed by atoms with Gasteiger partial charge in [-0.25, -0.2) is 9.18 Å². The number of halogens is 1. The van der Waals surface area contributed by atoms with Gasteiger partial charge in [0.15, 0.2) is 5.75 Å². The summed E-state index contributed by atoms with van der Waals surface area (Å²) in [7, 11) is 1.68. The lowest BCUT2D eigenvalue weighted by molar-refractivity contribution is 0.0993. The van der Waals surface area contributed by atoms with Crippen molar-refractivity contribution in [1.29, 1.82) is 0 Å². The van der Waals surface area contributed by atoms with E-state index in [-0.39, 0.29) is 11.7 Å². The Balaban J connectivity index is 1.57. The number of hydrogen-bond acceptors (Lipinski definition) is 3. The van der Waals surface area contributed by atoms with Crippen LogP contribution in [0.5, 0.6) is 11.5 Å². The number of carbonyl (C=O) groups excluding carboxylic acids is 2. The summed E-state index contributed by atoms with van der Waals surface area (Å²) in [6.07, 6.45) is 0. The number of nitrogens with one attached hydrogen (secondary N) is 2. The maximum absolute atomic E-state index is 13.0. The summed E-state index contributed by atoms with van der Waals surface area (Å²) >= 11 is 0. The number of hydrogen-bond donors (Lipinski definition) is 2. The molecule has 6 nitrogen and oxygen atoms in total. The molecule has 3 amide bonds. The van der Waals surface area contributed by atoms with Crippen LogP contribution < -0.4 is 20.3 Å². The zero-order valence-electron chi connectivity index (χ0n) is 15.8. The summed E-state index contributed by atoms with van der Waals surface area (Å²) in [4.78, 5) is 26.7. The fourth-order valence-corrected chi connectivity index (χ4v) is 3.07. The molecule has 7 heteroatoms. The highest BCUT2D eigenvalue weighted by Crippen LogP contribution is 2.39. The van der Waals surface area contributed by atoms with Crippen molar-refractivity contribution in [2.24, 2.45) is 0 Å². The Morgan fingerprint density at radius 3 is 2.34 bits per heavy atom. The van der Waals surface area contributed by atoms with Gasteiger partial charge in [-0.05, 0) is 67.1 Å². The van der Waals surface area contributed by atoms with Crippen molar-refractivity contribution in [3.05, 3.63) is 77.6 Å². The molecular weight excluding hydrogens is 373 g/mol. The van der Waals surface area contributed by atoms with E-state index in [1.54, 1.807) is 25.2 Å². The van der Waals surface area contributed by atoms with E-state index < -0.39 is 6.03 Å². The average molecular weight is 391 g/mol. The lowest BCUT2D eigenvalue weighted by Crippen LogP contribution is -2.25. The van der Waals surface area contributed by atoms with Crippen LogP contribution in [0.2, 0.25) is 0 Å². The van der Waals surface area contributed by atoms with Gasteiger partial charge in [0.2, 0.25) is 0 Å². The Labute approximate surface area is 166 Å². The minimum atomic E-state index is -0.509. The number of aryl methyl sites for hydroxylation is 1. The molecule has 0 fully saturated rings. The number of nitrogens with zero attached hydrogens (tertiary/aromatic N) is 1. The molecular formula is C22H18FN3O3. The number of carbonyl (C=O) groups is 2. The zero-order valence-corrected chi connectivity index (χ0v) is 15.8. The SMILES string of the molecule is Cc1ccc2c(c1)N(C)C(=O)c1cc(NC(=O)Nc3ccc(F)cc3)ccc1O2. The van der Waals surface area contributed by atoms with Crippen LogP contribution in [0.15, 0.2) is 60.7 Å². The summed E-state index contributed by atoms with van der Waals surface area (Å²) in [6, 6.07) is 15.4. The third kappa shape index (κ3) is 3.75. The van der Waals surface area contributed by atoms with Gasteiger partial charge in [-0.3, -0.25) is 4.79 Å². The zero-order chi connectivity index (χ0) is 20.5. The molecule has 0 saturated carbocycles. The maximum Gasteiger partial charge on any atom is 0.323 e. The minimum Gasteiger partial charge on any atom is -0.454 e. The molecule has 0 aliphatic carbocycles. The largest absolute Gasteiger partial charge is 0.454 e. The van der Waals surface area contributed by atoms with Crippen LogP contribution in [-0.2, 0) is 0 Å². The van der Waals surface area contributed by atoms with Gasteiger partial charge in [0.05, 0.1) is 11.3 Å². The molecule has 146 valence electrons. The van der Waals surface area contributed by atoms with E-state index in [1.165, 1.54) is 29.2 Å². The Hall–Kier alpha value is -3.87. The average Bonchev–Trinajstić information content (AvgIpc) is 2.80. The molecule has 4 rings (SSSR count). The number of anilines is 3. The quantitative estimate of drug-likeness (QED) is 0.634. The number of benzene rings is 3. The predicted molar refractivity (Wildman–Crippen MR) is 109 cm³/mol. The standard InChI is InChI=1S/C22H18FN3O3/c1-13-3-9-20-18(11-13)26(2)21(27)17-12-16(8-10-19(17)29-20)25-22(28)24-15-6-4-14(23)5-7-15/h3-12H,1-2H3,(H2,24,25,28). The van der Waals surface area contributed by atoms with Crippen LogP contribution in [0.4, 0.5) is 26.2 Å². The summed E-state index contributed by atoms with van der Waals surface area (Å²) in [5, 5.41) is 5.28. The van der Waals surface area contributed by atoms with E-state index in [0.29, 0.717) is 34.1 Å². The van der Waals surface area contributed by atoms with Crippen molar-refractivity contribution in [2.45, 2.75) is 6.92 Å². The van der Waals surface area contributed by atoms with Crippen LogP contribution >= 0.6 is 0 Å². The maximum atomic E-state index is 13.0. The van der Waals surface area contributed by atoms with E-state index in [9.17, 15) is 14.0 Å². The molecule has 2 N–H and O–H groups in total. The monoisotopic (exact) mass is 391 g/mol. The van der Waals surface area contributed by atoms with E-state index in [4.69, 9.17) is 4.74 Å². The number of ether oxygens (including phenoxy) is 1. The number of rotatable bonds is 2. The molecule has 0 spiro atoms. The van der Waals surface area contributed by atoms with E-state index in [2.05, 4.69) is 10.6 Å². The molecule has 29 heavy (non-hydrogen) atoms. The molecule has 0 bridgehead atoms. The Kier molecular flexibility index (Phi) is 4.64. The third-order valence-corrected chi connectivity index (χ3v) is 4.57. The molecule has 1 aliphatic heterocycles. The second kappa shape index (κ2) is 7.27. The molecule has 3 aromatic carbocycles. The molecule has 0 radical (unpaired) electrons. The fourth-order valence-electron chi connectivity index (χ4n) is 3.07.